The van der Waals surface area contributed by atoms with Gasteiger partial charge >= 0.3 is 0 Å². The van der Waals surface area contributed by atoms with E-state index >= 15 is 0 Å². The van der Waals surface area contributed by atoms with E-state index in [-0.39, 0.29) is 10.8 Å². The van der Waals surface area contributed by atoms with Gasteiger partial charge in [-0.25, -0.2) is 8.42 Å². The van der Waals surface area contributed by atoms with Gasteiger partial charge in [0, 0.05) is 25.2 Å². The number of sulfonamides is 1. The van der Waals surface area contributed by atoms with E-state index in [9.17, 15) is 13.2 Å². The second kappa shape index (κ2) is 9.52. The molecule has 1 aliphatic heterocycles. The van der Waals surface area contributed by atoms with Gasteiger partial charge in [-0.3, -0.25) is 4.79 Å². The molecule has 0 spiro atoms. The first kappa shape index (κ1) is 21.5. The first-order valence-electron chi connectivity index (χ1n) is 9.90. The molecule has 3 rings (SSSR count). The Morgan fingerprint density at radius 2 is 1.86 bits per heavy atom. The van der Waals surface area contributed by atoms with E-state index in [0.29, 0.717) is 38.4 Å². The van der Waals surface area contributed by atoms with Gasteiger partial charge < -0.3 is 10.1 Å². The molecule has 0 radical (unpaired) electrons. The molecule has 0 aliphatic carbocycles. The summed E-state index contributed by atoms with van der Waals surface area (Å²) in [5.41, 5.74) is 3.62. The molecule has 0 bridgehead atoms. The molecule has 2 aromatic rings. The lowest BCUT2D eigenvalue weighted by Gasteiger charge is -2.26. The minimum absolute atomic E-state index is 0.148. The van der Waals surface area contributed by atoms with E-state index in [1.54, 1.807) is 12.1 Å². The van der Waals surface area contributed by atoms with Crippen molar-refractivity contribution in [1.82, 2.24) is 9.62 Å². The molecule has 1 fully saturated rings. The predicted molar refractivity (Wildman–Crippen MR) is 113 cm³/mol. The highest BCUT2D eigenvalue weighted by Gasteiger charge is 2.27. The highest BCUT2D eigenvalue weighted by molar-refractivity contribution is 7.89. The Kier molecular flexibility index (Phi) is 7.05. The summed E-state index contributed by atoms with van der Waals surface area (Å²) in [6.07, 6.45) is 1.70. The monoisotopic (exact) mass is 416 g/mol. The standard InChI is InChI=1S/C22H28N2O4S/c1-17-5-3-6-19(15-17)7-4-10-23-22(25)21-16-20(9-8-18(21)2)29(26,27)24-11-13-28-14-12-24/h3,5-6,8-9,15-16H,4,7,10-14H2,1-2H3,(H,23,25). The molecule has 156 valence electrons. The van der Waals surface area contributed by atoms with Crippen LogP contribution in [0.5, 0.6) is 0 Å². The summed E-state index contributed by atoms with van der Waals surface area (Å²) in [5, 5.41) is 2.92. The zero-order valence-corrected chi connectivity index (χ0v) is 17.8. The first-order valence-corrected chi connectivity index (χ1v) is 11.3. The number of ether oxygens (including phenoxy) is 1. The number of morpholine rings is 1. The predicted octanol–water partition coefficient (Wildman–Crippen LogP) is 2.69. The molecular formula is C22H28N2O4S. The minimum Gasteiger partial charge on any atom is -0.379 e. The highest BCUT2D eigenvalue weighted by atomic mass is 32.2. The van der Waals surface area contributed by atoms with Gasteiger partial charge in [0.05, 0.1) is 18.1 Å². The van der Waals surface area contributed by atoms with Crippen molar-refractivity contribution in [3.05, 3.63) is 64.7 Å². The second-order valence-corrected chi connectivity index (χ2v) is 9.28. The van der Waals surface area contributed by atoms with Crippen molar-refractivity contribution in [1.29, 1.82) is 0 Å². The SMILES string of the molecule is Cc1cccc(CCCNC(=O)c2cc(S(=O)(=O)N3CCOCC3)ccc2C)c1. The topological polar surface area (TPSA) is 75.7 Å². The van der Waals surface area contributed by atoms with Gasteiger partial charge in [-0.05, 0) is 49.9 Å². The number of amides is 1. The van der Waals surface area contributed by atoms with Gasteiger partial charge in [-0.2, -0.15) is 4.31 Å². The van der Waals surface area contributed by atoms with Crippen LogP contribution in [0.1, 0.15) is 33.5 Å². The number of aryl methyl sites for hydroxylation is 3. The van der Waals surface area contributed by atoms with Crippen molar-refractivity contribution in [2.45, 2.75) is 31.6 Å². The fourth-order valence-electron chi connectivity index (χ4n) is 3.40. The summed E-state index contributed by atoms with van der Waals surface area (Å²) in [7, 11) is -3.63. The molecule has 29 heavy (non-hydrogen) atoms. The molecular weight excluding hydrogens is 388 g/mol. The summed E-state index contributed by atoms with van der Waals surface area (Å²) < 4.78 is 32.4. The van der Waals surface area contributed by atoms with Crippen LogP contribution in [0.25, 0.3) is 0 Å². The normalized spacial score (nSPS) is 15.2. The van der Waals surface area contributed by atoms with Gasteiger partial charge in [0.1, 0.15) is 0 Å². The summed E-state index contributed by atoms with van der Waals surface area (Å²) in [6, 6.07) is 13.1. The Bertz CT molecular complexity index is 967. The van der Waals surface area contributed by atoms with Crippen LogP contribution in [0.2, 0.25) is 0 Å². The molecule has 1 aliphatic rings. The van der Waals surface area contributed by atoms with Crippen LogP contribution in [-0.2, 0) is 21.2 Å². The Morgan fingerprint density at radius 3 is 2.59 bits per heavy atom. The van der Waals surface area contributed by atoms with Crippen molar-refractivity contribution in [2.24, 2.45) is 0 Å². The van der Waals surface area contributed by atoms with E-state index < -0.39 is 10.0 Å². The van der Waals surface area contributed by atoms with Crippen LogP contribution in [0.4, 0.5) is 0 Å². The Morgan fingerprint density at radius 1 is 1.10 bits per heavy atom. The van der Waals surface area contributed by atoms with Gasteiger partial charge in [-0.15, -0.1) is 0 Å². The molecule has 0 aromatic heterocycles. The van der Waals surface area contributed by atoms with Gasteiger partial charge in [0.25, 0.3) is 5.91 Å². The largest absolute Gasteiger partial charge is 0.379 e. The lowest BCUT2D eigenvalue weighted by molar-refractivity contribution is 0.0730. The van der Waals surface area contributed by atoms with Crippen LogP contribution >= 0.6 is 0 Å². The zero-order chi connectivity index (χ0) is 20.9. The van der Waals surface area contributed by atoms with E-state index in [0.717, 1.165) is 18.4 Å². The number of carbonyl (C=O) groups is 1. The lowest BCUT2D eigenvalue weighted by Crippen LogP contribution is -2.40. The highest BCUT2D eigenvalue weighted by Crippen LogP contribution is 2.20. The molecule has 1 saturated heterocycles. The molecule has 7 heteroatoms. The van der Waals surface area contributed by atoms with Crippen LogP contribution in [0.3, 0.4) is 0 Å². The van der Waals surface area contributed by atoms with Gasteiger partial charge in [-0.1, -0.05) is 35.9 Å². The molecule has 1 N–H and O–H groups in total. The average molecular weight is 417 g/mol. The number of nitrogens with one attached hydrogen (secondary N) is 1. The van der Waals surface area contributed by atoms with Crippen LogP contribution in [-0.4, -0.2) is 51.5 Å². The molecule has 0 atom stereocenters. The molecule has 1 amide bonds. The lowest BCUT2D eigenvalue weighted by atomic mass is 10.1. The van der Waals surface area contributed by atoms with Crippen molar-refractivity contribution in [3.8, 4) is 0 Å². The number of rotatable bonds is 7. The molecule has 0 saturated carbocycles. The minimum atomic E-state index is -3.63. The van der Waals surface area contributed by atoms with E-state index in [4.69, 9.17) is 4.74 Å². The Labute approximate surface area is 172 Å². The third kappa shape index (κ3) is 5.44. The molecule has 1 heterocycles. The Hall–Kier alpha value is -2.22. The summed E-state index contributed by atoms with van der Waals surface area (Å²) in [4.78, 5) is 12.8. The van der Waals surface area contributed by atoms with Crippen LogP contribution in [0.15, 0.2) is 47.4 Å². The van der Waals surface area contributed by atoms with Crippen molar-refractivity contribution < 1.29 is 17.9 Å². The molecule has 6 nitrogen and oxygen atoms in total. The third-order valence-corrected chi connectivity index (χ3v) is 6.97. The van der Waals surface area contributed by atoms with Crippen LogP contribution < -0.4 is 5.32 Å². The second-order valence-electron chi connectivity index (χ2n) is 7.34. The van der Waals surface area contributed by atoms with E-state index in [1.165, 1.54) is 21.5 Å². The van der Waals surface area contributed by atoms with Crippen molar-refractivity contribution in [2.75, 3.05) is 32.8 Å². The number of nitrogens with zero attached hydrogens (tertiary/aromatic N) is 1. The summed E-state index contributed by atoms with van der Waals surface area (Å²) >= 11 is 0. The number of hydrogen-bond acceptors (Lipinski definition) is 4. The van der Waals surface area contributed by atoms with E-state index in [1.807, 2.05) is 13.0 Å². The van der Waals surface area contributed by atoms with Gasteiger partial charge in [0.15, 0.2) is 0 Å². The maximum absolute atomic E-state index is 12.9. The fraction of sp³-hybridized carbons (Fsp3) is 0.409. The average Bonchev–Trinajstić information content (AvgIpc) is 2.72. The molecule has 0 unspecified atom stereocenters. The number of carbonyl (C=O) groups excluding carboxylic acids is 1. The quantitative estimate of drug-likeness (QED) is 0.704. The fourth-order valence-corrected chi connectivity index (χ4v) is 4.83. The maximum Gasteiger partial charge on any atom is 0.251 e. The Balaban J connectivity index is 1.63. The zero-order valence-electron chi connectivity index (χ0n) is 17.0. The number of hydrogen-bond donors (Lipinski definition) is 1. The first-order chi connectivity index (χ1) is 13.9. The third-order valence-electron chi connectivity index (χ3n) is 5.07. The van der Waals surface area contributed by atoms with Gasteiger partial charge in [0.2, 0.25) is 10.0 Å². The van der Waals surface area contributed by atoms with Crippen molar-refractivity contribution >= 4 is 15.9 Å². The van der Waals surface area contributed by atoms with Crippen LogP contribution in [0, 0.1) is 13.8 Å². The maximum atomic E-state index is 12.9. The number of benzene rings is 2. The van der Waals surface area contributed by atoms with E-state index in [2.05, 4.69) is 30.4 Å². The molecule has 2 aromatic carbocycles. The summed E-state index contributed by atoms with van der Waals surface area (Å²) in [6.45, 7) is 5.84. The summed E-state index contributed by atoms with van der Waals surface area (Å²) in [5.74, 6) is -0.245. The van der Waals surface area contributed by atoms with Crippen molar-refractivity contribution in [3.63, 3.8) is 0 Å². The smallest absolute Gasteiger partial charge is 0.251 e.